The van der Waals surface area contributed by atoms with Crippen molar-refractivity contribution in [3.8, 4) is 0 Å². The Bertz CT molecular complexity index is 202. The average Bonchev–Trinajstić information content (AvgIpc) is 2.22. The summed E-state index contributed by atoms with van der Waals surface area (Å²) >= 11 is 0. The number of ether oxygens (including phenoxy) is 1. The lowest BCUT2D eigenvalue weighted by Crippen LogP contribution is -2.56. The Labute approximate surface area is 93.0 Å². The second-order valence-corrected chi connectivity index (χ2v) is 5.29. The predicted molar refractivity (Wildman–Crippen MR) is 61.9 cm³/mol. The van der Waals surface area contributed by atoms with Crippen LogP contribution in [0, 0.1) is 0 Å². The van der Waals surface area contributed by atoms with Gasteiger partial charge in [0.1, 0.15) is 0 Å². The van der Waals surface area contributed by atoms with Gasteiger partial charge in [0.2, 0.25) is 0 Å². The maximum absolute atomic E-state index is 6.43. The topological polar surface area (TPSA) is 38.5 Å². The van der Waals surface area contributed by atoms with Gasteiger partial charge in [-0.25, -0.2) is 0 Å². The number of nitrogens with two attached hydrogens (primary N) is 1. The van der Waals surface area contributed by atoms with Crippen LogP contribution in [0.25, 0.3) is 0 Å². The zero-order valence-electron chi connectivity index (χ0n) is 9.87. The zero-order valence-corrected chi connectivity index (χ0v) is 9.87. The molecule has 0 bridgehead atoms. The van der Waals surface area contributed by atoms with Crippen LogP contribution in [0.3, 0.4) is 0 Å². The molecule has 2 N–H and O–H groups in total. The normalized spacial score (nSPS) is 32.8. The fourth-order valence-corrected chi connectivity index (χ4v) is 2.73. The average molecular weight is 212 g/mol. The lowest BCUT2D eigenvalue weighted by molar-refractivity contribution is 0.0260. The molecule has 2 heterocycles. The van der Waals surface area contributed by atoms with E-state index in [2.05, 4.69) is 11.8 Å². The van der Waals surface area contributed by atoms with E-state index in [4.69, 9.17) is 10.5 Å². The molecule has 15 heavy (non-hydrogen) atoms. The quantitative estimate of drug-likeness (QED) is 0.751. The van der Waals surface area contributed by atoms with Crippen LogP contribution in [0.4, 0.5) is 0 Å². The molecule has 0 spiro atoms. The van der Waals surface area contributed by atoms with Crippen LogP contribution in [-0.2, 0) is 4.74 Å². The molecule has 2 fully saturated rings. The molecule has 0 aromatic carbocycles. The summed E-state index contributed by atoms with van der Waals surface area (Å²) in [7, 11) is 0. The van der Waals surface area contributed by atoms with Crippen LogP contribution >= 0.6 is 0 Å². The highest BCUT2D eigenvalue weighted by atomic mass is 16.5. The Hall–Kier alpha value is -0.120. The largest absolute Gasteiger partial charge is 0.381 e. The second-order valence-electron chi connectivity index (χ2n) is 5.29. The number of piperidine rings is 1. The molecule has 0 aromatic rings. The summed E-state index contributed by atoms with van der Waals surface area (Å²) in [4.78, 5) is 2.58. The molecule has 0 saturated carbocycles. The Morgan fingerprint density at radius 2 is 2.07 bits per heavy atom. The molecule has 0 radical (unpaired) electrons. The molecule has 0 aliphatic carbocycles. The van der Waals surface area contributed by atoms with E-state index >= 15 is 0 Å². The van der Waals surface area contributed by atoms with Crippen molar-refractivity contribution in [2.24, 2.45) is 5.73 Å². The summed E-state index contributed by atoms with van der Waals surface area (Å²) in [5, 5.41) is 0. The third-order valence-electron chi connectivity index (χ3n) is 3.95. The number of rotatable bonds is 2. The first-order valence-electron chi connectivity index (χ1n) is 6.30. The van der Waals surface area contributed by atoms with Crippen molar-refractivity contribution in [3.63, 3.8) is 0 Å². The maximum atomic E-state index is 6.43. The van der Waals surface area contributed by atoms with Gasteiger partial charge in [-0.3, -0.25) is 4.90 Å². The monoisotopic (exact) mass is 212 g/mol. The van der Waals surface area contributed by atoms with Crippen LogP contribution in [0.1, 0.15) is 39.0 Å². The van der Waals surface area contributed by atoms with Crippen molar-refractivity contribution in [1.82, 2.24) is 4.90 Å². The minimum Gasteiger partial charge on any atom is -0.381 e. The van der Waals surface area contributed by atoms with Crippen molar-refractivity contribution >= 4 is 0 Å². The van der Waals surface area contributed by atoms with E-state index in [9.17, 15) is 0 Å². The van der Waals surface area contributed by atoms with E-state index in [1.165, 1.54) is 25.8 Å². The van der Waals surface area contributed by atoms with Gasteiger partial charge < -0.3 is 10.5 Å². The van der Waals surface area contributed by atoms with Gasteiger partial charge in [-0.15, -0.1) is 0 Å². The molecule has 3 nitrogen and oxygen atoms in total. The van der Waals surface area contributed by atoms with E-state index in [0.29, 0.717) is 0 Å². The highest BCUT2D eigenvalue weighted by molar-refractivity contribution is 4.91. The second kappa shape index (κ2) is 4.81. The molecule has 2 rings (SSSR count). The SMILES string of the molecule is CC1CCCCN1CC1(N)CCOCC1. The first-order chi connectivity index (χ1) is 7.20. The smallest absolute Gasteiger partial charge is 0.0484 e. The van der Waals surface area contributed by atoms with Crippen molar-refractivity contribution in [2.75, 3.05) is 26.3 Å². The first-order valence-corrected chi connectivity index (χ1v) is 6.30. The third-order valence-corrected chi connectivity index (χ3v) is 3.95. The highest BCUT2D eigenvalue weighted by Crippen LogP contribution is 2.23. The van der Waals surface area contributed by atoms with Crippen molar-refractivity contribution in [1.29, 1.82) is 0 Å². The van der Waals surface area contributed by atoms with Crippen LogP contribution in [0.15, 0.2) is 0 Å². The van der Waals surface area contributed by atoms with E-state index in [0.717, 1.165) is 38.6 Å². The minimum atomic E-state index is 0.0177. The molecule has 0 aromatic heterocycles. The Balaban J connectivity index is 1.88. The summed E-state index contributed by atoms with van der Waals surface area (Å²) in [5.74, 6) is 0. The van der Waals surface area contributed by atoms with Gasteiger partial charge in [-0.1, -0.05) is 6.42 Å². The van der Waals surface area contributed by atoms with Gasteiger partial charge in [0, 0.05) is 31.3 Å². The van der Waals surface area contributed by atoms with Gasteiger partial charge in [-0.2, -0.15) is 0 Å². The fourth-order valence-electron chi connectivity index (χ4n) is 2.73. The molecule has 1 atom stereocenters. The lowest BCUT2D eigenvalue weighted by atomic mass is 9.89. The standard InChI is InChI=1S/C12H24N2O/c1-11-4-2-3-7-14(11)10-12(13)5-8-15-9-6-12/h11H,2-10,13H2,1H3. The van der Waals surface area contributed by atoms with Gasteiger partial charge in [0.25, 0.3) is 0 Å². The summed E-state index contributed by atoms with van der Waals surface area (Å²) in [6.07, 6.45) is 6.12. The fraction of sp³-hybridized carbons (Fsp3) is 1.00. The van der Waals surface area contributed by atoms with Gasteiger partial charge in [0.05, 0.1) is 0 Å². The lowest BCUT2D eigenvalue weighted by Gasteiger charge is -2.42. The van der Waals surface area contributed by atoms with Crippen LogP contribution < -0.4 is 5.73 Å². The van der Waals surface area contributed by atoms with Crippen molar-refractivity contribution in [3.05, 3.63) is 0 Å². The third kappa shape index (κ3) is 2.92. The van der Waals surface area contributed by atoms with E-state index in [1.54, 1.807) is 0 Å². The summed E-state index contributed by atoms with van der Waals surface area (Å²) in [5.41, 5.74) is 6.45. The number of hydrogen-bond donors (Lipinski definition) is 1. The Morgan fingerprint density at radius 3 is 2.73 bits per heavy atom. The van der Waals surface area contributed by atoms with Gasteiger partial charge in [-0.05, 0) is 39.2 Å². The van der Waals surface area contributed by atoms with Gasteiger partial charge in [0.15, 0.2) is 0 Å². The van der Waals surface area contributed by atoms with Crippen molar-refractivity contribution in [2.45, 2.75) is 50.6 Å². The molecular weight excluding hydrogens is 188 g/mol. The molecular formula is C12H24N2O. The van der Waals surface area contributed by atoms with Gasteiger partial charge >= 0.3 is 0 Å². The first kappa shape index (κ1) is 11.4. The zero-order chi connectivity index (χ0) is 10.7. The number of nitrogens with zero attached hydrogens (tertiary/aromatic N) is 1. The van der Waals surface area contributed by atoms with Crippen LogP contribution in [-0.4, -0.2) is 42.8 Å². The van der Waals surface area contributed by atoms with Crippen LogP contribution in [0.2, 0.25) is 0 Å². The van der Waals surface area contributed by atoms with E-state index < -0.39 is 0 Å². The van der Waals surface area contributed by atoms with Crippen molar-refractivity contribution < 1.29 is 4.74 Å². The maximum Gasteiger partial charge on any atom is 0.0484 e. The Morgan fingerprint density at radius 1 is 1.33 bits per heavy atom. The molecule has 88 valence electrons. The predicted octanol–water partition coefficient (Wildman–Crippen LogP) is 1.37. The summed E-state index contributed by atoms with van der Waals surface area (Å²) in [6, 6.07) is 0.724. The minimum absolute atomic E-state index is 0.0177. The number of hydrogen-bond acceptors (Lipinski definition) is 3. The van der Waals surface area contributed by atoms with Crippen LogP contribution in [0.5, 0.6) is 0 Å². The summed E-state index contributed by atoms with van der Waals surface area (Å²) < 4.78 is 5.38. The number of likely N-dealkylation sites (tertiary alicyclic amines) is 1. The molecule has 0 amide bonds. The molecule has 2 aliphatic heterocycles. The summed E-state index contributed by atoms with van der Waals surface area (Å²) in [6.45, 7) is 6.33. The van der Waals surface area contributed by atoms with E-state index in [-0.39, 0.29) is 5.54 Å². The van der Waals surface area contributed by atoms with E-state index in [1.807, 2.05) is 0 Å². The highest BCUT2D eigenvalue weighted by Gasteiger charge is 2.32. The Kier molecular flexibility index (Phi) is 3.65. The molecule has 3 heteroatoms. The molecule has 1 unspecified atom stereocenters. The molecule has 2 saturated heterocycles. The molecule has 2 aliphatic rings.